The van der Waals surface area contributed by atoms with E-state index in [1.807, 2.05) is 0 Å². The average Bonchev–Trinajstić information content (AvgIpc) is 2.52. The van der Waals surface area contributed by atoms with Crippen LogP contribution >= 0.6 is 23.2 Å². The van der Waals surface area contributed by atoms with Crippen LogP contribution < -0.4 is 0 Å². The zero-order valence-corrected chi connectivity index (χ0v) is 14.5. The van der Waals surface area contributed by atoms with Crippen LogP contribution in [0.2, 0.25) is 10.0 Å². The van der Waals surface area contributed by atoms with Gasteiger partial charge in [-0.1, -0.05) is 29.3 Å². The van der Waals surface area contributed by atoms with E-state index in [4.69, 9.17) is 23.2 Å². The van der Waals surface area contributed by atoms with Gasteiger partial charge in [0.15, 0.2) is 0 Å². The van der Waals surface area contributed by atoms with Gasteiger partial charge < -0.3 is 9.47 Å². The van der Waals surface area contributed by atoms with Crippen LogP contribution in [0.15, 0.2) is 23.8 Å². The van der Waals surface area contributed by atoms with Crippen molar-refractivity contribution in [2.45, 2.75) is 19.4 Å². The molecule has 0 amide bonds. The lowest BCUT2D eigenvalue weighted by Gasteiger charge is -2.11. The summed E-state index contributed by atoms with van der Waals surface area (Å²) in [7, 11) is 1.13. The number of halogens is 2. The molecule has 0 saturated carbocycles. The molecule has 0 fully saturated rings. The predicted molar refractivity (Wildman–Crippen MR) is 88.5 cm³/mol. The lowest BCUT2D eigenvalue weighted by molar-refractivity contribution is -0.509. The van der Waals surface area contributed by atoms with Crippen molar-refractivity contribution < 1.29 is 24.0 Å². The van der Waals surface area contributed by atoms with E-state index in [0.29, 0.717) is 10.6 Å². The molecule has 1 rings (SSSR count). The minimum atomic E-state index is -1.72. The maximum absolute atomic E-state index is 11.9. The second-order valence-corrected chi connectivity index (χ2v) is 5.43. The number of ether oxygens (including phenoxy) is 2. The summed E-state index contributed by atoms with van der Waals surface area (Å²) in [6.07, 6.45) is 0.831. The van der Waals surface area contributed by atoms with Gasteiger partial charge in [-0.25, -0.2) is 9.59 Å². The van der Waals surface area contributed by atoms with Crippen LogP contribution in [-0.2, 0) is 19.1 Å². The number of hydrogen-bond acceptors (Lipinski definition) is 6. The highest BCUT2D eigenvalue weighted by Crippen LogP contribution is 2.25. The third kappa shape index (κ3) is 5.50. The highest BCUT2D eigenvalue weighted by molar-refractivity contribution is 6.35. The number of nitrogens with zero attached hydrogens (tertiary/aromatic N) is 1. The number of rotatable bonds is 7. The third-order valence-corrected chi connectivity index (χ3v) is 3.53. The zero-order chi connectivity index (χ0) is 18.3. The summed E-state index contributed by atoms with van der Waals surface area (Å²) >= 11 is 11.8. The summed E-state index contributed by atoms with van der Waals surface area (Å²) in [5.74, 6) is -1.84. The van der Waals surface area contributed by atoms with Gasteiger partial charge in [-0.05, 0) is 30.7 Å². The van der Waals surface area contributed by atoms with Gasteiger partial charge >= 0.3 is 18.0 Å². The van der Waals surface area contributed by atoms with E-state index in [0.717, 1.165) is 7.11 Å². The molecule has 24 heavy (non-hydrogen) atoms. The SMILES string of the molecule is CCOC(=O)C(C/C(=C\c1ccc(Cl)cc1Cl)C(=O)OC)[N+](=O)[O-]. The van der Waals surface area contributed by atoms with Gasteiger partial charge in [0.25, 0.3) is 0 Å². The summed E-state index contributed by atoms with van der Waals surface area (Å²) in [6, 6.07) is 2.82. The minimum Gasteiger partial charge on any atom is -0.466 e. The van der Waals surface area contributed by atoms with E-state index in [2.05, 4.69) is 9.47 Å². The molecule has 9 heteroatoms. The Hall–Kier alpha value is -2.12. The van der Waals surface area contributed by atoms with Crippen molar-refractivity contribution in [3.63, 3.8) is 0 Å². The van der Waals surface area contributed by atoms with Crippen molar-refractivity contribution in [3.05, 3.63) is 49.5 Å². The smallest absolute Gasteiger partial charge is 0.382 e. The van der Waals surface area contributed by atoms with E-state index in [1.165, 1.54) is 19.1 Å². The first-order chi connectivity index (χ1) is 11.3. The second kappa shape index (κ2) is 9.24. The molecule has 130 valence electrons. The molecule has 0 aromatic heterocycles. The Morgan fingerprint density at radius 2 is 2.04 bits per heavy atom. The molecule has 0 saturated heterocycles. The van der Waals surface area contributed by atoms with Gasteiger partial charge in [-0.15, -0.1) is 0 Å². The van der Waals surface area contributed by atoms with Gasteiger partial charge in [-0.2, -0.15) is 0 Å². The molecular weight excluding hydrogens is 361 g/mol. The number of carbonyl (C=O) groups is 2. The van der Waals surface area contributed by atoms with Crippen molar-refractivity contribution in [2.24, 2.45) is 0 Å². The fraction of sp³-hybridized carbons (Fsp3) is 0.333. The fourth-order valence-electron chi connectivity index (χ4n) is 1.83. The highest BCUT2D eigenvalue weighted by atomic mass is 35.5. The molecule has 0 heterocycles. The molecule has 1 unspecified atom stereocenters. The van der Waals surface area contributed by atoms with Crippen LogP contribution in [0.1, 0.15) is 18.9 Å². The quantitative estimate of drug-likeness (QED) is 0.314. The first-order valence-corrected chi connectivity index (χ1v) is 7.59. The summed E-state index contributed by atoms with van der Waals surface area (Å²) in [5, 5.41) is 11.8. The molecule has 0 aliphatic rings. The number of methoxy groups -OCH3 is 1. The number of nitro groups is 1. The predicted octanol–water partition coefficient (Wildman–Crippen LogP) is 3.15. The van der Waals surface area contributed by atoms with E-state index in [1.54, 1.807) is 12.1 Å². The van der Waals surface area contributed by atoms with Crippen LogP contribution in [0.4, 0.5) is 0 Å². The normalized spacial score (nSPS) is 12.4. The maximum atomic E-state index is 11.9. The molecule has 0 radical (unpaired) electrons. The highest BCUT2D eigenvalue weighted by Gasteiger charge is 2.34. The minimum absolute atomic E-state index is 0.0105. The summed E-state index contributed by atoms with van der Waals surface area (Å²) in [6.45, 7) is 1.52. The van der Waals surface area contributed by atoms with Crippen LogP contribution in [0.5, 0.6) is 0 Å². The van der Waals surface area contributed by atoms with Crippen LogP contribution in [-0.4, -0.2) is 36.6 Å². The first kappa shape index (κ1) is 19.9. The monoisotopic (exact) mass is 375 g/mol. The third-order valence-electron chi connectivity index (χ3n) is 2.97. The number of hydrogen-bond donors (Lipinski definition) is 0. The van der Waals surface area contributed by atoms with Crippen molar-refractivity contribution in [1.29, 1.82) is 0 Å². The van der Waals surface area contributed by atoms with E-state index < -0.39 is 29.3 Å². The Bertz CT molecular complexity index is 674. The van der Waals surface area contributed by atoms with Crippen molar-refractivity contribution in [2.75, 3.05) is 13.7 Å². The van der Waals surface area contributed by atoms with Crippen molar-refractivity contribution in [1.82, 2.24) is 0 Å². The second-order valence-electron chi connectivity index (χ2n) is 4.58. The first-order valence-electron chi connectivity index (χ1n) is 6.84. The van der Waals surface area contributed by atoms with Crippen LogP contribution in [0.25, 0.3) is 6.08 Å². The van der Waals surface area contributed by atoms with Gasteiger partial charge in [0.2, 0.25) is 0 Å². The summed E-state index contributed by atoms with van der Waals surface area (Å²) in [4.78, 5) is 33.9. The Balaban J connectivity index is 3.21. The summed E-state index contributed by atoms with van der Waals surface area (Å²) in [5.41, 5.74) is 0.323. The van der Waals surface area contributed by atoms with Crippen molar-refractivity contribution in [3.8, 4) is 0 Å². The van der Waals surface area contributed by atoms with Gasteiger partial charge in [0, 0.05) is 20.5 Å². The molecule has 0 N–H and O–H groups in total. The van der Waals surface area contributed by atoms with Crippen molar-refractivity contribution >= 4 is 41.2 Å². The van der Waals surface area contributed by atoms with Gasteiger partial charge in [-0.3, -0.25) is 10.1 Å². The van der Waals surface area contributed by atoms with Gasteiger partial charge in [0.1, 0.15) is 0 Å². The number of carbonyl (C=O) groups excluding carboxylic acids is 2. The molecule has 1 atom stereocenters. The fourth-order valence-corrected chi connectivity index (χ4v) is 2.29. The molecule has 0 spiro atoms. The lowest BCUT2D eigenvalue weighted by Crippen LogP contribution is -2.33. The standard InChI is InChI=1S/C15H15Cl2NO6/c1-3-24-15(20)13(18(21)22)7-10(14(19)23-2)6-9-4-5-11(16)8-12(9)17/h4-6,8,13H,3,7H2,1-2H3/b10-6+. The topological polar surface area (TPSA) is 95.7 Å². The Morgan fingerprint density at radius 3 is 2.54 bits per heavy atom. The van der Waals surface area contributed by atoms with E-state index in [9.17, 15) is 19.7 Å². The molecule has 0 aliphatic carbocycles. The molecule has 0 bridgehead atoms. The molecule has 0 aliphatic heterocycles. The number of esters is 2. The molecular formula is C15H15Cl2NO6. The van der Waals surface area contributed by atoms with Crippen LogP contribution in [0.3, 0.4) is 0 Å². The van der Waals surface area contributed by atoms with Crippen LogP contribution in [0, 0.1) is 10.1 Å². The molecule has 1 aromatic carbocycles. The average molecular weight is 376 g/mol. The largest absolute Gasteiger partial charge is 0.466 e. The maximum Gasteiger partial charge on any atom is 0.382 e. The van der Waals surface area contributed by atoms with E-state index >= 15 is 0 Å². The van der Waals surface area contributed by atoms with Gasteiger partial charge in [0.05, 0.1) is 20.1 Å². The molecule has 7 nitrogen and oxygen atoms in total. The Kier molecular flexibility index (Phi) is 7.67. The van der Waals surface area contributed by atoms with E-state index in [-0.39, 0.29) is 17.2 Å². The lowest BCUT2D eigenvalue weighted by atomic mass is 10.0. The Labute approximate surface area is 148 Å². The zero-order valence-electron chi connectivity index (χ0n) is 13.0. The Morgan fingerprint density at radius 1 is 1.38 bits per heavy atom. The molecule has 1 aromatic rings. The number of benzene rings is 1. The summed E-state index contributed by atoms with van der Waals surface area (Å²) < 4.78 is 9.28.